The molecule has 0 radical (unpaired) electrons. The van der Waals surface area contributed by atoms with Gasteiger partial charge in [0.2, 0.25) is 6.29 Å². The standard InChI is InChI=1S/C7H12O3.Na.H/c1-4-6(8)10-7(9)5(2)3;;/h6,8H,2,4H2,1,3H3;;/q;+1;-1. The SMILES string of the molecule is C=C(C)C(=O)OC(O)CC.[H-].[Na+]. The molecule has 0 saturated carbocycles. The summed E-state index contributed by atoms with van der Waals surface area (Å²) in [6.45, 7) is 6.61. The minimum Gasteiger partial charge on any atom is -1.00 e. The molecule has 0 fully saturated rings. The molecule has 0 aromatic carbocycles. The predicted octanol–water partition coefficient (Wildman–Crippen LogP) is -2.05. The molecule has 0 aromatic heterocycles. The third kappa shape index (κ3) is 6.56. The van der Waals surface area contributed by atoms with Crippen LogP contribution in [0.2, 0.25) is 0 Å². The van der Waals surface area contributed by atoms with Crippen LogP contribution in [-0.4, -0.2) is 17.4 Å². The fraction of sp³-hybridized carbons (Fsp3) is 0.571. The van der Waals surface area contributed by atoms with Gasteiger partial charge in [-0.05, 0) is 6.92 Å². The van der Waals surface area contributed by atoms with Crippen LogP contribution in [-0.2, 0) is 9.53 Å². The molecule has 60 valence electrons. The first-order chi connectivity index (χ1) is 4.57. The molecular weight excluding hydrogens is 155 g/mol. The first-order valence-corrected chi connectivity index (χ1v) is 3.12. The molecule has 0 spiro atoms. The molecule has 0 bridgehead atoms. The van der Waals surface area contributed by atoms with Crippen LogP contribution in [0, 0.1) is 0 Å². The largest absolute Gasteiger partial charge is 1.00 e. The zero-order chi connectivity index (χ0) is 8.15. The number of aliphatic hydroxyl groups is 1. The maximum absolute atomic E-state index is 10.6. The van der Waals surface area contributed by atoms with E-state index in [9.17, 15) is 4.79 Å². The van der Waals surface area contributed by atoms with Gasteiger partial charge in [-0.3, -0.25) is 0 Å². The molecule has 1 N–H and O–H groups in total. The summed E-state index contributed by atoms with van der Waals surface area (Å²) >= 11 is 0. The summed E-state index contributed by atoms with van der Waals surface area (Å²) in [5.74, 6) is -0.547. The van der Waals surface area contributed by atoms with Crippen molar-refractivity contribution in [2.45, 2.75) is 26.6 Å². The number of hydrogen-bond acceptors (Lipinski definition) is 3. The molecule has 11 heavy (non-hydrogen) atoms. The Labute approximate surface area is 90.2 Å². The van der Waals surface area contributed by atoms with Gasteiger partial charge < -0.3 is 11.3 Å². The Kier molecular flexibility index (Phi) is 8.56. The Morgan fingerprint density at radius 2 is 2.27 bits per heavy atom. The first-order valence-electron chi connectivity index (χ1n) is 3.12. The second kappa shape index (κ2) is 6.85. The third-order valence-electron chi connectivity index (χ3n) is 0.941. The molecular formula is C7H13NaO3. The Morgan fingerprint density at radius 3 is 2.55 bits per heavy atom. The Morgan fingerprint density at radius 1 is 1.82 bits per heavy atom. The van der Waals surface area contributed by atoms with Gasteiger partial charge in [-0.15, -0.1) is 0 Å². The van der Waals surface area contributed by atoms with Crippen molar-refractivity contribution in [1.29, 1.82) is 0 Å². The van der Waals surface area contributed by atoms with Gasteiger partial charge in [0.05, 0.1) is 0 Å². The van der Waals surface area contributed by atoms with Crippen LogP contribution in [0.1, 0.15) is 21.7 Å². The van der Waals surface area contributed by atoms with Crippen molar-refractivity contribution in [3.8, 4) is 0 Å². The number of esters is 1. The van der Waals surface area contributed by atoms with E-state index < -0.39 is 12.3 Å². The summed E-state index contributed by atoms with van der Waals surface area (Å²) in [6.07, 6.45) is -0.594. The van der Waals surface area contributed by atoms with Crippen LogP contribution in [0.15, 0.2) is 12.2 Å². The second-order valence-corrected chi connectivity index (χ2v) is 2.05. The van der Waals surface area contributed by atoms with Crippen molar-refractivity contribution in [1.82, 2.24) is 0 Å². The molecule has 4 heteroatoms. The summed E-state index contributed by atoms with van der Waals surface area (Å²) in [7, 11) is 0. The normalized spacial score (nSPS) is 11.2. The fourth-order valence-electron chi connectivity index (χ4n) is 0.307. The smallest absolute Gasteiger partial charge is 1.00 e. The predicted molar refractivity (Wildman–Crippen MR) is 38.3 cm³/mol. The molecule has 1 unspecified atom stereocenters. The summed E-state index contributed by atoms with van der Waals surface area (Å²) in [4.78, 5) is 10.6. The van der Waals surface area contributed by atoms with Gasteiger partial charge in [0.1, 0.15) is 0 Å². The molecule has 1 atom stereocenters. The van der Waals surface area contributed by atoms with Crippen LogP contribution in [0.25, 0.3) is 0 Å². The van der Waals surface area contributed by atoms with E-state index in [2.05, 4.69) is 11.3 Å². The molecule has 0 aromatic rings. The Balaban J connectivity index is -0.000000405. The van der Waals surface area contributed by atoms with Crippen LogP contribution < -0.4 is 29.6 Å². The quantitative estimate of drug-likeness (QED) is 0.228. The van der Waals surface area contributed by atoms with E-state index in [0.29, 0.717) is 12.0 Å². The van der Waals surface area contributed by atoms with Gasteiger partial charge in [0.25, 0.3) is 0 Å². The van der Waals surface area contributed by atoms with Crippen LogP contribution in [0.3, 0.4) is 0 Å². The first kappa shape index (κ1) is 13.7. The number of carbonyl (C=O) groups excluding carboxylic acids is 1. The Hall–Kier alpha value is 0.170. The van der Waals surface area contributed by atoms with Crippen molar-refractivity contribution in [2.24, 2.45) is 0 Å². The molecule has 3 nitrogen and oxygen atoms in total. The van der Waals surface area contributed by atoms with Crippen molar-refractivity contribution < 1.29 is 45.6 Å². The van der Waals surface area contributed by atoms with Crippen molar-refractivity contribution in [3.63, 3.8) is 0 Å². The average Bonchev–Trinajstić information content (AvgIpc) is 1.87. The maximum Gasteiger partial charge on any atom is 1.00 e. The minimum absolute atomic E-state index is 0. The molecule has 0 aliphatic rings. The van der Waals surface area contributed by atoms with Gasteiger partial charge in [-0.2, -0.15) is 0 Å². The van der Waals surface area contributed by atoms with Gasteiger partial charge in [0, 0.05) is 12.0 Å². The molecule has 0 aliphatic heterocycles. The Bertz CT molecular complexity index is 150. The zero-order valence-corrected chi connectivity index (χ0v) is 9.26. The second-order valence-electron chi connectivity index (χ2n) is 2.05. The van der Waals surface area contributed by atoms with E-state index >= 15 is 0 Å². The van der Waals surface area contributed by atoms with Crippen molar-refractivity contribution in [3.05, 3.63) is 12.2 Å². The van der Waals surface area contributed by atoms with Crippen LogP contribution in [0.5, 0.6) is 0 Å². The van der Waals surface area contributed by atoms with E-state index in [1.807, 2.05) is 0 Å². The summed E-state index contributed by atoms with van der Waals surface area (Å²) in [5.41, 5.74) is 0.299. The topological polar surface area (TPSA) is 46.5 Å². The molecule has 0 aliphatic carbocycles. The van der Waals surface area contributed by atoms with E-state index in [1.165, 1.54) is 6.92 Å². The third-order valence-corrected chi connectivity index (χ3v) is 0.941. The van der Waals surface area contributed by atoms with E-state index in [-0.39, 0.29) is 31.0 Å². The molecule has 0 saturated heterocycles. The number of hydrogen-bond donors (Lipinski definition) is 1. The average molecular weight is 168 g/mol. The van der Waals surface area contributed by atoms with Gasteiger partial charge in [-0.25, -0.2) is 4.79 Å². The molecule has 0 heterocycles. The van der Waals surface area contributed by atoms with Gasteiger partial charge >= 0.3 is 35.5 Å². The minimum atomic E-state index is -0.996. The van der Waals surface area contributed by atoms with Crippen molar-refractivity contribution in [2.75, 3.05) is 0 Å². The van der Waals surface area contributed by atoms with E-state index in [1.54, 1.807) is 6.92 Å². The molecule has 0 rings (SSSR count). The van der Waals surface area contributed by atoms with E-state index in [4.69, 9.17) is 5.11 Å². The van der Waals surface area contributed by atoms with Crippen LogP contribution in [0.4, 0.5) is 0 Å². The summed E-state index contributed by atoms with van der Waals surface area (Å²) in [6, 6.07) is 0. The number of aliphatic hydroxyl groups excluding tert-OH is 1. The maximum atomic E-state index is 10.6. The fourth-order valence-corrected chi connectivity index (χ4v) is 0.307. The van der Waals surface area contributed by atoms with Gasteiger partial charge in [0.15, 0.2) is 0 Å². The number of carbonyl (C=O) groups is 1. The summed E-state index contributed by atoms with van der Waals surface area (Å²) in [5, 5.41) is 8.79. The summed E-state index contributed by atoms with van der Waals surface area (Å²) < 4.78 is 4.48. The molecule has 0 amide bonds. The number of ether oxygens (including phenoxy) is 1. The van der Waals surface area contributed by atoms with Crippen LogP contribution >= 0.6 is 0 Å². The van der Waals surface area contributed by atoms with E-state index in [0.717, 1.165) is 0 Å². The number of rotatable bonds is 3. The zero-order valence-electron chi connectivity index (χ0n) is 8.26. The monoisotopic (exact) mass is 168 g/mol. The van der Waals surface area contributed by atoms with Gasteiger partial charge in [-0.1, -0.05) is 13.5 Å². The van der Waals surface area contributed by atoms with Crippen molar-refractivity contribution >= 4 is 5.97 Å².